The number of hydrogen-bond donors (Lipinski definition) is 1. The second-order valence-corrected chi connectivity index (χ2v) is 8.98. The Balaban J connectivity index is 1.89. The Morgan fingerprint density at radius 1 is 0.886 bits per heavy atom. The van der Waals surface area contributed by atoms with Crippen molar-refractivity contribution in [1.82, 2.24) is 13.7 Å². The summed E-state index contributed by atoms with van der Waals surface area (Å²) in [4.78, 5) is 26.7. The molecule has 7 heteroatoms. The van der Waals surface area contributed by atoms with Gasteiger partial charge in [0.25, 0.3) is 5.56 Å². The maximum absolute atomic E-state index is 15.2. The number of aryl methyl sites for hydroxylation is 2. The summed E-state index contributed by atoms with van der Waals surface area (Å²) >= 11 is 0. The Kier molecular flexibility index (Phi) is 4.57. The molecule has 6 rings (SSSR count). The molecule has 174 valence electrons. The van der Waals surface area contributed by atoms with Crippen LogP contribution in [0.3, 0.4) is 0 Å². The van der Waals surface area contributed by atoms with E-state index in [4.69, 9.17) is 0 Å². The standard InChI is InChI=1S/C28H23FN4O2/c1-16-9-8-10-17(15-16)24-22-25(31(2)28(35)32(3)27(22)34)26-23(18-11-4-5-12-19(18)29)30-20-13-6-7-14-21(20)33(24)26/h4-15,23,30H,1-3H3/t23-/m1/s1. The van der Waals surface area contributed by atoms with Crippen molar-refractivity contribution < 1.29 is 4.39 Å². The van der Waals surface area contributed by atoms with Crippen molar-refractivity contribution in [3.05, 3.63) is 116 Å². The quantitative estimate of drug-likeness (QED) is 0.412. The van der Waals surface area contributed by atoms with Gasteiger partial charge in [0.1, 0.15) is 5.82 Å². The zero-order valence-corrected chi connectivity index (χ0v) is 19.5. The second kappa shape index (κ2) is 7.56. The number of nitrogens with one attached hydrogen (secondary N) is 1. The lowest BCUT2D eigenvalue weighted by Crippen LogP contribution is -2.37. The van der Waals surface area contributed by atoms with Gasteiger partial charge in [0.2, 0.25) is 0 Å². The molecule has 1 aliphatic rings. The molecule has 6 nitrogen and oxygen atoms in total. The highest BCUT2D eigenvalue weighted by Gasteiger charge is 2.35. The van der Waals surface area contributed by atoms with Crippen LogP contribution in [-0.2, 0) is 14.1 Å². The third-order valence-corrected chi connectivity index (χ3v) is 6.83. The molecule has 0 saturated carbocycles. The number of anilines is 1. The van der Waals surface area contributed by atoms with E-state index in [1.807, 2.05) is 60.0 Å². The molecule has 35 heavy (non-hydrogen) atoms. The van der Waals surface area contributed by atoms with Gasteiger partial charge < -0.3 is 9.88 Å². The molecule has 1 atom stereocenters. The van der Waals surface area contributed by atoms with Crippen LogP contribution in [0.25, 0.3) is 27.8 Å². The molecule has 2 aromatic heterocycles. The number of aromatic nitrogens is 3. The Morgan fingerprint density at radius 2 is 1.63 bits per heavy atom. The maximum Gasteiger partial charge on any atom is 0.331 e. The van der Waals surface area contributed by atoms with Crippen molar-refractivity contribution in [2.24, 2.45) is 14.1 Å². The minimum absolute atomic E-state index is 0.365. The van der Waals surface area contributed by atoms with E-state index in [1.165, 1.54) is 17.7 Å². The maximum atomic E-state index is 15.2. The smallest absolute Gasteiger partial charge is 0.331 e. The average Bonchev–Trinajstić information content (AvgIpc) is 3.23. The molecule has 0 aliphatic carbocycles. The molecule has 1 N–H and O–H groups in total. The monoisotopic (exact) mass is 466 g/mol. The summed E-state index contributed by atoms with van der Waals surface area (Å²) in [7, 11) is 3.14. The van der Waals surface area contributed by atoms with Crippen molar-refractivity contribution in [3.63, 3.8) is 0 Å². The van der Waals surface area contributed by atoms with Gasteiger partial charge in [-0.05, 0) is 36.8 Å². The molecule has 1 aliphatic heterocycles. The Labute approximate surface area is 200 Å². The van der Waals surface area contributed by atoms with Crippen LogP contribution >= 0.6 is 0 Å². The lowest BCUT2D eigenvalue weighted by Gasteiger charge is -2.31. The first-order valence-electron chi connectivity index (χ1n) is 11.4. The molecule has 0 unspecified atom stereocenters. The summed E-state index contributed by atoms with van der Waals surface area (Å²) in [5, 5.41) is 3.90. The molecule has 0 saturated heterocycles. The first kappa shape index (κ1) is 21.2. The summed E-state index contributed by atoms with van der Waals surface area (Å²) in [5.41, 5.74) is 4.98. The number of para-hydroxylation sites is 2. The van der Waals surface area contributed by atoms with Crippen LogP contribution in [0.4, 0.5) is 10.1 Å². The van der Waals surface area contributed by atoms with Gasteiger partial charge in [0.05, 0.1) is 39.7 Å². The van der Waals surface area contributed by atoms with E-state index >= 15 is 4.39 Å². The van der Waals surface area contributed by atoms with Gasteiger partial charge in [-0.25, -0.2) is 9.18 Å². The highest BCUT2D eigenvalue weighted by Crippen LogP contribution is 2.45. The van der Waals surface area contributed by atoms with Crippen LogP contribution in [0.2, 0.25) is 0 Å². The number of rotatable bonds is 2. The van der Waals surface area contributed by atoms with E-state index in [2.05, 4.69) is 5.32 Å². The largest absolute Gasteiger partial charge is 0.371 e. The summed E-state index contributed by atoms with van der Waals surface area (Å²) in [5.74, 6) is -0.365. The molecule has 0 fully saturated rings. The number of fused-ring (bicyclic) bond motifs is 5. The number of nitrogens with zero attached hydrogens (tertiary/aromatic N) is 3. The fourth-order valence-electron chi connectivity index (χ4n) is 5.23. The molecule has 0 amide bonds. The number of halogens is 1. The van der Waals surface area contributed by atoms with Crippen molar-refractivity contribution in [3.8, 4) is 16.9 Å². The van der Waals surface area contributed by atoms with E-state index in [-0.39, 0.29) is 11.4 Å². The van der Waals surface area contributed by atoms with Crippen LogP contribution in [-0.4, -0.2) is 13.7 Å². The normalized spacial score (nSPS) is 14.5. The van der Waals surface area contributed by atoms with Crippen molar-refractivity contribution in [2.75, 3.05) is 5.32 Å². The van der Waals surface area contributed by atoms with E-state index < -0.39 is 11.7 Å². The van der Waals surface area contributed by atoms with Gasteiger partial charge >= 0.3 is 5.69 Å². The topological polar surface area (TPSA) is 61.0 Å². The molecule has 5 aromatic rings. The van der Waals surface area contributed by atoms with Crippen molar-refractivity contribution >= 4 is 16.6 Å². The fourth-order valence-corrected chi connectivity index (χ4v) is 5.23. The summed E-state index contributed by atoms with van der Waals surface area (Å²) < 4.78 is 19.8. The predicted molar refractivity (Wildman–Crippen MR) is 136 cm³/mol. The van der Waals surface area contributed by atoms with Gasteiger partial charge in [0, 0.05) is 19.7 Å². The first-order chi connectivity index (χ1) is 16.9. The van der Waals surface area contributed by atoms with E-state index in [9.17, 15) is 9.59 Å². The number of hydrogen-bond acceptors (Lipinski definition) is 3. The second-order valence-electron chi connectivity index (χ2n) is 8.98. The lowest BCUT2D eigenvalue weighted by molar-refractivity contribution is 0.599. The fraction of sp³-hybridized carbons (Fsp3) is 0.143. The van der Waals surface area contributed by atoms with Gasteiger partial charge in [-0.2, -0.15) is 0 Å². The van der Waals surface area contributed by atoms with Crippen LogP contribution in [0.15, 0.2) is 82.4 Å². The Hall–Kier alpha value is -4.39. The van der Waals surface area contributed by atoms with Gasteiger partial charge in [-0.3, -0.25) is 13.9 Å². The van der Waals surface area contributed by atoms with Crippen LogP contribution in [0.5, 0.6) is 0 Å². The average molecular weight is 467 g/mol. The minimum Gasteiger partial charge on any atom is -0.371 e. The van der Waals surface area contributed by atoms with Gasteiger partial charge in [-0.1, -0.05) is 54.1 Å². The van der Waals surface area contributed by atoms with Crippen LogP contribution < -0.4 is 16.6 Å². The predicted octanol–water partition coefficient (Wildman–Crippen LogP) is 4.66. The van der Waals surface area contributed by atoms with Gasteiger partial charge in [-0.15, -0.1) is 0 Å². The summed E-state index contributed by atoms with van der Waals surface area (Å²) in [6.45, 7) is 2.00. The third-order valence-electron chi connectivity index (χ3n) is 6.83. The van der Waals surface area contributed by atoms with Crippen molar-refractivity contribution in [2.45, 2.75) is 13.0 Å². The van der Waals surface area contributed by atoms with Crippen LogP contribution in [0.1, 0.15) is 22.9 Å². The Morgan fingerprint density at radius 3 is 2.40 bits per heavy atom. The highest BCUT2D eigenvalue weighted by molar-refractivity contribution is 5.99. The zero-order chi connectivity index (χ0) is 24.4. The molecule has 0 spiro atoms. The lowest BCUT2D eigenvalue weighted by atomic mass is 9.99. The molecule has 3 aromatic carbocycles. The molecule has 0 bridgehead atoms. The summed E-state index contributed by atoms with van der Waals surface area (Å²) in [6, 6.07) is 21.6. The van der Waals surface area contributed by atoms with E-state index in [1.54, 1.807) is 25.2 Å². The van der Waals surface area contributed by atoms with Crippen molar-refractivity contribution in [1.29, 1.82) is 0 Å². The Bertz CT molecular complexity index is 1780. The molecular formula is C28H23FN4O2. The zero-order valence-electron chi connectivity index (χ0n) is 19.5. The molecular weight excluding hydrogens is 443 g/mol. The molecule has 0 radical (unpaired) electrons. The number of benzene rings is 3. The first-order valence-corrected chi connectivity index (χ1v) is 11.4. The minimum atomic E-state index is -0.620. The SMILES string of the molecule is Cc1cccc(-c2c3c(=O)n(C)c(=O)n(C)c3c3n2-c2ccccc2N[C@@H]3c2ccccc2F)c1. The van der Waals surface area contributed by atoms with E-state index in [0.29, 0.717) is 27.9 Å². The third kappa shape index (κ3) is 2.94. The molecule has 3 heterocycles. The summed E-state index contributed by atoms with van der Waals surface area (Å²) in [6.07, 6.45) is 0. The van der Waals surface area contributed by atoms with Crippen LogP contribution in [0, 0.1) is 12.7 Å². The highest BCUT2D eigenvalue weighted by atomic mass is 19.1. The van der Waals surface area contributed by atoms with Gasteiger partial charge in [0.15, 0.2) is 0 Å². The van der Waals surface area contributed by atoms with E-state index in [0.717, 1.165) is 27.1 Å².